The molecule has 1 rings (SSSR count). The summed E-state index contributed by atoms with van der Waals surface area (Å²) in [6, 6.07) is 0.493. The van der Waals surface area contributed by atoms with Crippen molar-refractivity contribution in [2.75, 3.05) is 0 Å². The molecule has 0 radical (unpaired) electrons. The lowest BCUT2D eigenvalue weighted by atomic mass is 10.2. The number of carbonyl (C=O) groups is 1. The summed E-state index contributed by atoms with van der Waals surface area (Å²) in [5.41, 5.74) is 2.63. The van der Waals surface area contributed by atoms with Crippen LogP contribution in [-0.2, 0) is 11.2 Å². The first kappa shape index (κ1) is 12.2. The zero-order valence-corrected chi connectivity index (χ0v) is 10.5. The SMILES string of the molecule is CC(C)N(C(=O)Cc1cscn1)C(C)C. The van der Waals surface area contributed by atoms with Crippen LogP contribution in [0.3, 0.4) is 0 Å². The fraction of sp³-hybridized carbons (Fsp3) is 0.636. The molecule has 0 saturated heterocycles. The lowest BCUT2D eigenvalue weighted by Gasteiger charge is -2.30. The topological polar surface area (TPSA) is 33.2 Å². The van der Waals surface area contributed by atoms with E-state index in [-0.39, 0.29) is 18.0 Å². The molecule has 15 heavy (non-hydrogen) atoms. The van der Waals surface area contributed by atoms with E-state index < -0.39 is 0 Å². The quantitative estimate of drug-likeness (QED) is 0.789. The largest absolute Gasteiger partial charge is 0.338 e. The molecular formula is C11H18N2OS. The fourth-order valence-corrected chi connectivity index (χ4v) is 2.30. The Bertz CT molecular complexity index is 298. The average molecular weight is 226 g/mol. The number of hydrogen-bond donors (Lipinski definition) is 0. The van der Waals surface area contributed by atoms with Crippen molar-refractivity contribution in [1.82, 2.24) is 9.88 Å². The summed E-state index contributed by atoms with van der Waals surface area (Å²) in [7, 11) is 0. The highest BCUT2D eigenvalue weighted by Crippen LogP contribution is 2.10. The normalized spacial score (nSPS) is 11.1. The van der Waals surface area contributed by atoms with Gasteiger partial charge in [-0.1, -0.05) is 0 Å². The van der Waals surface area contributed by atoms with Crippen LogP contribution in [0, 0.1) is 0 Å². The number of rotatable bonds is 4. The highest BCUT2D eigenvalue weighted by molar-refractivity contribution is 7.07. The molecule has 0 fully saturated rings. The second-order valence-electron chi connectivity index (χ2n) is 4.15. The Kier molecular flexibility index (Phi) is 4.27. The maximum atomic E-state index is 12.0. The van der Waals surface area contributed by atoms with Crippen LogP contribution in [-0.4, -0.2) is 27.9 Å². The van der Waals surface area contributed by atoms with Gasteiger partial charge in [-0.25, -0.2) is 4.98 Å². The van der Waals surface area contributed by atoms with E-state index >= 15 is 0 Å². The third-order valence-electron chi connectivity index (χ3n) is 2.22. The molecule has 0 bridgehead atoms. The molecule has 3 nitrogen and oxygen atoms in total. The Balaban J connectivity index is 2.65. The molecule has 0 aliphatic rings. The Hall–Kier alpha value is -0.900. The van der Waals surface area contributed by atoms with Gasteiger partial charge < -0.3 is 4.90 Å². The van der Waals surface area contributed by atoms with Gasteiger partial charge in [0.2, 0.25) is 5.91 Å². The summed E-state index contributed by atoms with van der Waals surface area (Å²) in [6.07, 6.45) is 0.417. The van der Waals surface area contributed by atoms with Crippen molar-refractivity contribution in [3.8, 4) is 0 Å². The molecule has 0 saturated carbocycles. The molecule has 0 atom stereocenters. The van der Waals surface area contributed by atoms with Crippen LogP contribution >= 0.6 is 11.3 Å². The predicted octanol–water partition coefficient (Wildman–Crippen LogP) is 2.33. The third-order valence-corrected chi connectivity index (χ3v) is 2.85. The lowest BCUT2D eigenvalue weighted by molar-refractivity contribution is -0.134. The van der Waals surface area contributed by atoms with Crippen LogP contribution in [0.1, 0.15) is 33.4 Å². The third kappa shape index (κ3) is 3.30. The number of amides is 1. The first-order chi connectivity index (χ1) is 7.02. The minimum atomic E-state index is 0.158. The summed E-state index contributed by atoms with van der Waals surface area (Å²) >= 11 is 1.53. The first-order valence-corrected chi connectivity index (χ1v) is 6.15. The monoisotopic (exact) mass is 226 g/mol. The van der Waals surface area contributed by atoms with Gasteiger partial charge in [0.15, 0.2) is 0 Å². The summed E-state index contributed by atoms with van der Waals surface area (Å²) in [5, 5.41) is 1.93. The van der Waals surface area contributed by atoms with Crippen LogP contribution < -0.4 is 0 Å². The predicted molar refractivity (Wildman–Crippen MR) is 62.9 cm³/mol. The van der Waals surface area contributed by atoms with E-state index in [4.69, 9.17) is 0 Å². The maximum absolute atomic E-state index is 12.0. The van der Waals surface area contributed by atoms with Crippen LogP contribution in [0.25, 0.3) is 0 Å². The lowest BCUT2D eigenvalue weighted by Crippen LogP contribution is -2.42. The standard InChI is InChI=1S/C11H18N2OS/c1-8(2)13(9(3)4)11(14)5-10-6-15-7-12-10/h6-9H,5H2,1-4H3. The molecule has 1 heterocycles. The molecule has 4 heteroatoms. The molecule has 0 aliphatic carbocycles. The van der Waals surface area contributed by atoms with E-state index in [9.17, 15) is 4.79 Å². The molecule has 0 spiro atoms. The van der Waals surface area contributed by atoms with E-state index in [1.165, 1.54) is 11.3 Å². The molecule has 84 valence electrons. The molecular weight excluding hydrogens is 208 g/mol. The second-order valence-corrected chi connectivity index (χ2v) is 4.86. The van der Waals surface area contributed by atoms with Gasteiger partial charge in [-0.3, -0.25) is 4.79 Å². The highest BCUT2D eigenvalue weighted by Gasteiger charge is 2.20. The molecule has 0 aliphatic heterocycles. The van der Waals surface area contributed by atoms with Gasteiger partial charge in [0.1, 0.15) is 0 Å². The molecule has 1 aromatic heterocycles. The second kappa shape index (κ2) is 5.26. The van der Waals surface area contributed by atoms with Crippen LogP contribution in [0.4, 0.5) is 0 Å². The van der Waals surface area contributed by atoms with Crippen LogP contribution in [0.5, 0.6) is 0 Å². The van der Waals surface area contributed by atoms with Crippen LogP contribution in [0.2, 0.25) is 0 Å². The van der Waals surface area contributed by atoms with Crippen molar-refractivity contribution in [3.63, 3.8) is 0 Å². The fourth-order valence-electron chi connectivity index (χ4n) is 1.74. The summed E-state index contributed by atoms with van der Waals surface area (Å²) < 4.78 is 0. The van der Waals surface area contributed by atoms with Gasteiger partial charge in [0, 0.05) is 17.5 Å². The van der Waals surface area contributed by atoms with Crippen molar-refractivity contribution in [2.45, 2.75) is 46.2 Å². The highest BCUT2D eigenvalue weighted by atomic mass is 32.1. The van der Waals surface area contributed by atoms with Gasteiger partial charge >= 0.3 is 0 Å². The van der Waals surface area contributed by atoms with E-state index in [1.54, 1.807) is 5.51 Å². The van der Waals surface area contributed by atoms with Crippen molar-refractivity contribution in [3.05, 3.63) is 16.6 Å². The smallest absolute Gasteiger partial charge is 0.229 e. The minimum Gasteiger partial charge on any atom is -0.338 e. The van der Waals surface area contributed by atoms with Gasteiger partial charge in [0.25, 0.3) is 0 Å². The van der Waals surface area contributed by atoms with E-state index in [1.807, 2.05) is 38.0 Å². The van der Waals surface area contributed by atoms with E-state index in [2.05, 4.69) is 4.98 Å². The molecule has 0 unspecified atom stereocenters. The number of thiazole rings is 1. The molecule has 1 amide bonds. The Labute approximate surface area is 95.1 Å². The van der Waals surface area contributed by atoms with Crippen LogP contribution in [0.15, 0.2) is 10.9 Å². The molecule has 1 aromatic rings. The van der Waals surface area contributed by atoms with Crippen molar-refractivity contribution in [1.29, 1.82) is 0 Å². The Morgan fingerprint density at radius 3 is 2.40 bits per heavy atom. The van der Waals surface area contributed by atoms with Crippen molar-refractivity contribution in [2.24, 2.45) is 0 Å². The summed E-state index contributed by atoms with van der Waals surface area (Å²) in [6.45, 7) is 8.16. The summed E-state index contributed by atoms with van der Waals surface area (Å²) in [5.74, 6) is 0.158. The van der Waals surface area contributed by atoms with Gasteiger partial charge in [0.05, 0.1) is 17.6 Å². The summed E-state index contributed by atoms with van der Waals surface area (Å²) in [4.78, 5) is 18.0. The number of aromatic nitrogens is 1. The van der Waals surface area contributed by atoms with Gasteiger partial charge in [-0.05, 0) is 27.7 Å². The zero-order chi connectivity index (χ0) is 11.4. The zero-order valence-electron chi connectivity index (χ0n) is 9.73. The first-order valence-electron chi connectivity index (χ1n) is 5.20. The number of carbonyl (C=O) groups excluding carboxylic acids is 1. The maximum Gasteiger partial charge on any atom is 0.229 e. The Morgan fingerprint density at radius 1 is 1.40 bits per heavy atom. The van der Waals surface area contributed by atoms with Gasteiger partial charge in [-0.2, -0.15) is 0 Å². The van der Waals surface area contributed by atoms with Crippen molar-refractivity contribution >= 4 is 17.2 Å². The van der Waals surface area contributed by atoms with E-state index in [0.29, 0.717) is 6.42 Å². The van der Waals surface area contributed by atoms with Gasteiger partial charge in [-0.15, -0.1) is 11.3 Å². The molecule has 0 N–H and O–H groups in total. The van der Waals surface area contributed by atoms with E-state index in [0.717, 1.165) is 5.69 Å². The number of nitrogens with zero attached hydrogens (tertiary/aromatic N) is 2. The Morgan fingerprint density at radius 2 is 2.00 bits per heavy atom. The molecule has 0 aromatic carbocycles. The average Bonchev–Trinajstić information content (AvgIpc) is 2.54. The number of hydrogen-bond acceptors (Lipinski definition) is 3. The minimum absolute atomic E-state index is 0.158. The van der Waals surface area contributed by atoms with Crippen molar-refractivity contribution < 1.29 is 4.79 Å².